The zero-order valence-electron chi connectivity index (χ0n) is 13.6. The number of hydrogen-bond donors (Lipinski definition) is 0. The predicted molar refractivity (Wildman–Crippen MR) is 93.5 cm³/mol. The second-order valence-corrected chi connectivity index (χ2v) is 7.01. The normalized spacial score (nSPS) is 14.1. The van der Waals surface area contributed by atoms with Crippen LogP contribution in [0.2, 0.25) is 0 Å². The molecule has 1 saturated carbocycles. The maximum atomic E-state index is 12.8. The van der Waals surface area contributed by atoms with Gasteiger partial charge in [-0.25, -0.2) is 4.98 Å². The van der Waals surface area contributed by atoms with Gasteiger partial charge in [-0.1, -0.05) is 17.4 Å². The summed E-state index contributed by atoms with van der Waals surface area (Å²) < 4.78 is 11.9. The number of amides is 1. The van der Waals surface area contributed by atoms with Gasteiger partial charge in [0.25, 0.3) is 0 Å². The van der Waals surface area contributed by atoms with Crippen LogP contribution < -0.4 is 9.64 Å². The van der Waals surface area contributed by atoms with Gasteiger partial charge in [0.05, 0.1) is 24.6 Å². The van der Waals surface area contributed by atoms with Crippen LogP contribution in [0.4, 0.5) is 5.13 Å². The van der Waals surface area contributed by atoms with E-state index in [4.69, 9.17) is 14.1 Å². The highest BCUT2D eigenvalue weighted by Crippen LogP contribution is 2.39. The molecule has 24 heavy (non-hydrogen) atoms. The summed E-state index contributed by atoms with van der Waals surface area (Å²) in [5, 5.41) is 0.700. The molecule has 0 spiro atoms. The van der Waals surface area contributed by atoms with Crippen LogP contribution in [0.15, 0.2) is 34.9 Å². The van der Waals surface area contributed by atoms with Crippen LogP contribution in [-0.4, -0.2) is 18.0 Å². The van der Waals surface area contributed by atoms with Crippen LogP contribution in [0.1, 0.15) is 24.2 Å². The van der Waals surface area contributed by atoms with Crippen molar-refractivity contribution in [2.45, 2.75) is 26.3 Å². The van der Waals surface area contributed by atoms with Gasteiger partial charge < -0.3 is 9.15 Å². The molecular weight excluding hydrogens is 324 g/mol. The van der Waals surface area contributed by atoms with E-state index in [0.717, 1.165) is 40.1 Å². The van der Waals surface area contributed by atoms with Crippen LogP contribution in [0.5, 0.6) is 5.75 Å². The van der Waals surface area contributed by atoms with E-state index < -0.39 is 0 Å². The van der Waals surface area contributed by atoms with E-state index >= 15 is 0 Å². The molecule has 1 aliphatic rings. The largest absolute Gasteiger partial charge is 0.494 e. The lowest BCUT2D eigenvalue weighted by Crippen LogP contribution is -2.31. The molecule has 0 unspecified atom stereocenters. The van der Waals surface area contributed by atoms with E-state index in [1.165, 1.54) is 11.3 Å². The van der Waals surface area contributed by atoms with Crippen molar-refractivity contribution in [1.82, 2.24) is 4.98 Å². The topological polar surface area (TPSA) is 55.6 Å². The number of rotatable bonds is 5. The molecule has 2 heterocycles. The SMILES string of the molecule is COc1ccc(C)c2sc(N(Cc3ccco3)C(=O)C3CC3)nc12. The van der Waals surface area contributed by atoms with Crippen molar-refractivity contribution in [3.05, 3.63) is 41.9 Å². The maximum absolute atomic E-state index is 12.8. The van der Waals surface area contributed by atoms with Gasteiger partial charge in [0, 0.05) is 5.92 Å². The Bertz CT molecular complexity index is 881. The van der Waals surface area contributed by atoms with Gasteiger partial charge in [-0.2, -0.15) is 0 Å². The zero-order valence-corrected chi connectivity index (χ0v) is 14.4. The summed E-state index contributed by atoms with van der Waals surface area (Å²) in [6.07, 6.45) is 3.54. The molecule has 1 fully saturated rings. The van der Waals surface area contributed by atoms with Gasteiger partial charge in [-0.15, -0.1) is 0 Å². The lowest BCUT2D eigenvalue weighted by atomic mass is 10.2. The number of carbonyl (C=O) groups is 1. The molecule has 1 aliphatic carbocycles. The Balaban J connectivity index is 1.78. The van der Waals surface area contributed by atoms with Crippen LogP contribution in [0.25, 0.3) is 10.2 Å². The van der Waals surface area contributed by atoms with Gasteiger partial charge in [0.2, 0.25) is 5.91 Å². The molecule has 3 aromatic rings. The molecule has 1 amide bonds. The van der Waals surface area contributed by atoms with Gasteiger partial charge in [0.1, 0.15) is 17.0 Å². The van der Waals surface area contributed by atoms with Crippen LogP contribution >= 0.6 is 11.3 Å². The molecule has 0 atom stereocenters. The van der Waals surface area contributed by atoms with Crippen molar-refractivity contribution in [3.63, 3.8) is 0 Å². The maximum Gasteiger partial charge on any atom is 0.232 e. The number of thiazole rings is 1. The van der Waals surface area contributed by atoms with E-state index in [1.54, 1.807) is 18.3 Å². The van der Waals surface area contributed by atoms with Crippen molar-refractivity contribution in [2.24, 2.45) is 5.92 Å². The Kier molecular flexibility index (Phi) is 3.76. The minimum Gasteiger partial charge on any atom is -0.494 e. The number of aromatic nitrogens is 1. The van der Waals surface area contributed by atoms with Gasteiger partial charge in [0.15, 0.2) is 5.13 Å². The van der Waals surface area contributed by atoms with Crippen molar-refractivity contribution in [3.8, 4) is 5.75 Å². The van der Waals surface area contributed by atoms with E-state index in [-0.39, 0.29) is 11.8 Å². The first-order chi connectivity index (χ1) is 11.7. The molecular formula is C18H18N2O3S. The summed E-state index contributed by atoms with van der Waals surface area (Å²) >= 11 is 1.53. The molecule has 5 nitrogen and oxygen atoms in total. The monoisotopic (exact) mass is 342 g/mol. The summed E-state index contributed by atoms with van der Waals surface area (Å²) in [5.74, 6) is 1.74. The zero-order chi connectivity index (χ0) is 16.7. The van der Waals surface area contributed by atoms with E-state index in [9.17, 15) is 4.79 Å². The highest BCUT2D eigenvalue weighted by Gasteiger charge is 2.35. The average Bonchev–Trinajstić information content (AvgIpc) is 3.12. The number of benzene rings is 1. The fourth-order valence-electron chi connectivity index (χ4n) is 2.73. The number of carbonyl (C=O) groups excluding carboxylic acids is 1. The van der Waals surface area contributed by atoms with Gasteiger partial charge >= 0.3 is 0 Å². The number of hydrogen-bond acceptors (Lipinski definition) is 5. The number of aryl methyl sites for hydroxylation is 1. The molecule has 0 radical (unpaired) electrons. The lowest BCUT2D eigenvalue weighted by molar-refractivity contribution is -0.120. The molecule has 6 heteroatoms. The Morgan fingerprint density at radius 2 is 2.25 bits per heavy atom. The van der Waals surface area contributed by atoms with Gasteiger partial charge in [-0.3, -0.25) is 9.69 Å². The standard InChI is InChI=1S/C18H18N2O3S/c1-11-5-8-14(22-2)15-16(11)24-18(19-15)20(17(21)12-6-7-12)10-13-4-3-9-23-13/h3-5,8-9,12H,6-7,10H2,1-2H3. The first-order valence-corrected chi connectivity index (χ1v) is 8.77. The summed E-state index contributed by atoms with van der Waals surface area (Å²) in [4.78, 5) is 19.2. The minimum absolute atomic E-state index is 0.120. The van der Waals surface area contributed by atoms with Crippen molar-refractivity contribution in [2.75, 3.05) is 12.0 Å². The van der Waals surface area contributed by atoms with Crippen LogP contribution in [0, 0.1) is 12.8 Å². The highest BCUT2D eigenvalue weighted by atomic mass is 32.1. The third-order valence-electron chi connectivity index (χ3n) is 4.23. The number of fused-ring (bicyclic) bond motifs is 1. The first kappa shape index (κ1) is 15.2. The van der Waals surface area contributed by atoms with Crippen molar-refractivity contribution >= 4 is 32.6 Å². The molecule has 0 N–H and O–H groups in total. The summed E-state index contributed by atoms with van der Waals surface area (Å²) in [5.41, 5.74) is 1.94. The predicted octanol–water partition coefficient (Wildman–Crippen LogP) is 4.15. The third-order valence-corrected chi connectivity index (χ3v) is 5.44. The number of methoxy groups -OCH3 is 1. The minimum atomic E-state index is 0.120. The number of ether oxygens (including phenoxy) is 1. The quantitative estimate of drug-likeness (QED) is 0.699. The number of nitrogens with zero attached hydrogens (tertiary/aromatic N) is 2. The molecule has 4 rings (SSSR count). The fourth-order valence-corrected chi connectivity index (χ4v) is 3.78. The van der Waals surface area contributed by atoms with E-state index in [1.807, 2.05) is 31.2 Å². The van der Waals surface area contributed by atoms with E-state index in [2.05, 4.69) is 0 Å². The second-order valence-electron chi connectivity index (χ2n) is 6.04. The average molecular weight is 342 g/mol. The van der Waals surface area contributed by atoms with Crippen molar-refractivity contribution in [1.29, 1.82) is 0 Å². The molecule has 0 saturated heterocycles. The Morgan fingerprint density at radius 3 is 2.92 bits per heavy atom. The highest BCUT2D eigenvalue weighted by molar-refractivity contribution is 7.22. The summed E-state index contributed by atoms with van der Waals surface area (Å²) in [6, 6.07) is 7.65. The van der Waals surface area contributed by atoms with Gasteiger partial charge in [-0.05, 0) is 43.5 Å². The third kappa shape index (κ3) is 2.67. The molecule has 2 aromatic heterocycles. The fraction of sp³-hybridized carbons (Fsp3) is 0.333. The summed E-state index contributed by atoms with van der Waals surface area (Å²) in [6.45, 7) is 2.45. The lowest BCUT2D eigenvalue weighted by Gasteiger charge is -2.18. The first-order valence-electron chi connectivity index (χ1n) is 7.95. The molecule has 1 aromatic carbocycles. The Morgan fingerprint density at radius 1 is 1.42 bits per heavy atom. The molecule has 124 valence electrons. The van der Waals surface area contributed by atoms with E-state index in [0.29, 0.717) is 11.7 Å². The van der Waals surface area contributed by atoms with Crippen LogP contribution in [0.3, 0.4) is 0 Å². The Labute approximate surface area is 143 Å². The number of anilines is 1. The second kappa shape index (κ2) is 5.94. The summed E-state index contributed by atoms with van der Waals surface area (Å²) in [7, 11) is 1.64. The number of furan rings is 1. The van der Waals surface area contributed by atoms with Crippen LogP contribution in [-0.2, 0) is 11.3 Å². The Hall–Kier alpha value is -2.34. The molecule has 0 bridgehead atoms. The smallest absolute Gasteiger partial charge is 0.232 e. The molecule has 0 aliphatic heterocycles. The van der Waals surface area contributed by atoms with Crippen molar-refractivity contribution < 1.29 is 13.9 Å².